The Morgan fingerprint density at radius 3 is 2.55 bits per heavy atom. The average Bonchev–Trinajstić information content (AvgIpc) is 3.36. The molecule has 0 saturated carbocycles. The van der Waals surface area contributed by atoms with Crippen LogP contribution in [0.5, 0.6) is 0 Å². The first-order chi connectivity index (χ1) is 15.2. The van der Waals surface area contributed by atoms with Gasteiger partial charge in [0.1, 0.15) is 11.5 Å². The van der Waals surface area contributed by atoms with Crippen molar-refractivity contribution in [2.45, 2.75) is 17.5 Å². The molecular weight excluding hydrogens is 433 g/mol. The molecule has 0 atom stereocenters. The van der Waals surface area contributed by atoms with E-state index in [-0.39, 0.29) is 5.82 Å². The minimum atomic E-state index is -0.321. The van der Waals surface area contributed by atoms with Crippen LogP contribution in [0, 0.1) is 5.82 Å². The summed E-state index contributed by atoms with van der Waals surface area (Å²) in [4.78, 5) is 4.63. The predicted molar refractivity (Wildman–Crippen MR) is 121 cm³/mol. The van der Waals surface area contributed by atoms with E-state index < -0.39 is 0 Å². The summed E-state index contributed by atoms with van der Waals surface area (Å²) in [5.74, 6) is 0.785. The predicted octanol–water partition coefficient (Wildman–Crippen LogP) is 5.73. The van der Waals surface area contributed by atoms with Gasteiger partial charge in [0.15, 0.2) is 11.0 Å². The summed E-state index contributed by atoms with van der Waals surface area (Å²) in [5.41, 5.74) is 3.25. The van der Waals surface area contributed by atoms with E-state index in [0.717, 1.165) is 16.9 Å². The van der Waals surface area contributed by atoms with Crippen molar-refractivity contribution >= 4 is 29.0 Å². The van der Waals surface area contributed by atoms with E-state index in [2.05, 4.69) is 15.2 Å². The third-order valence-electron chi connectivity index (χ3n) is 4.83. The fraction of sp³-hybridized carbons (Fsp3) is 0.0870. The van der Waals surface area contributed by atoms with Crippen LogP contribution in [0.25, 0.3) is 17.0 Å². The number of halogens is 2. The maximum absolute atomic E-state index is 14.5. The van der Waals surface area contributed by atoms with E-state index in [1.165, 1.54) is 17.8 Å². The summed E-state index contributed by atoms with van der Waals surface area (Å²) in [6.07, 6.45) is 3.77. The summed E-state index contributed by atoms with van der Waals surface area (Å²) in [6.45, 7) is 0.542. The Morgan fingerprint density at radius 1 is 0.903 bits per heavy atom. The first-order valence-corrected chi connectivity index (χ1v) is 11.0. The van der Waals surface area contributed by atoms with Crippen LogP contribution < -0.4 is 0 Å². The molecule has 0 unspecified atom stereocenters. The Hall–Kier alpha value is -3.16. The lowest BCUT2D eigenvalue weighted by molar-refractivity contribution is 0.626. The van der Waals surface area contributed by atoms with Crippen molar-refractivity contribution in [1.82, 2.24) is 24.1 Å². The van der Waals surface area contributed by atoms with Crippen molar-refractivity contribution in [2.75, 3.05) is 0 Å². The second-order valence-electron chi connectivity index (χ2n) is 6.99. The summed E-state index contributed by atoms with van der Waals surface area (Å²) in [5, 5.41) is 10.0. The third kappa shape index (κ3) is 4.19. The molecule has 0 spiro atoms. The van der Waals surface area contributed by atoms with Crippen LogP contribution in [0.15, 0.2) is 84.3 Å². The number of aromatic nitrogens is 5. The second-order valence-corrected chi connectivity index (χ2v) is 8.37. The number of nitrogens with zero attached hydrogens (tertiary/aromatic N) is 5. The minimum absolute atomic E-state index is 0.321. The number of pyridine rings is 1. The zero-order valence-electron chi connectivity index (χ0n) is 16.3. The molecule has 3 aromatic heterocycles. The molecule has 8 heteroatoms. The van der Waals surface area contributed by atoms with Crippen molar-refractivity contribution in [3.8, 4) is 11.4 Å². The molecule has 5 rings (SSSR count). The molecule has 0 radical (unpaired) electrons. The molecule has 2 aromatic carbocycles. The molecule has 31 heavy (non-hydrogen) atoms. The van der Waals surface area contributed by atoms with E-state index in [1.807, 2.05) is 63.8 Å². The van der Waals surface area contributed by atoms with Gasteiger partial charge in [0.2, 0.25) is 0 Å². The smallest absolute Gasteiger partial charge is 0.192 e. The van der Waals surface area contributed by atoms with Gasteiger partial charge in [-0.15, -0.1) is 10.2 Å². The van der Waals surface area contributed by atoms with Crippen LogP contribution in [-0.4, -0.2) is 24.1 Å². The Labute approximate surface area is 187 Å². The van der Waals surface area contributed by atoms with Crippen molar-refractivity contribution in [3.63, 3.8) is 0 Å². The van der Waals surface area contributed by atoms with Gasteiger partial charge in [-0.1, -0.05) is 65.8 Å². The monoisotopic (exact) mass is 449 g/mol. The molecule has 0 saturated heterocycles. The summed E-state index contributed by atoms with van der Waals surface area (Å²) >= 11 is 7.58. The number of fused-ring (bicyclic) bond motifs is 1. The van der Waals surface area contributed by atoms with E-state index in [0.29, 0.717) is 33.9 Å². The number of hydrogen-bond donors (Lipinski definition) is 0. The molecule has 0 fully saturated rings. The summed E-state index contributed by atoms with van der Waals surface area (Å²) in [6, 6.07) is 20.3. The summed E-state index contributed by atoms with van der Waals surface area (Å²) < 4.78 is 18.3. The molecule has 0 amide bonds. The van der Waals surface area contributed by atoms with E-state index in [4.69, 9.17) is 11.6 Å². The first kappa shape index (κ1) is 19.8. The van der Waals surface area contributed by atoms with Crippen LogP contribution in [0.2, 0.25) is 5.02 Å². The highest BCUT2D eigenvalue weighted by molar-refractivity contribution is 7.98. The standard InChI is InChI=1S/C23H17ClFN5S/c24-17-10-11-21-26-18(14-29(21)13-17)15-31-23-28-27-22(19-8-4-5-9-20(19)25)30(23)12-16-6-2-1-3-7-16/h1-11,13-14H,12,15H2. The molecular formula is C23H17ClFN5S. The number of thioether (sulfide) groups is 1. The maximum atomic E-state index is 14.5. The highest BCUT2D eigenvalue weighted by atomic mass is 35.5. The topological polar surface area (TPSA) is 48.0 Å². The van der Waals surface area contributed by atoms with Gasteiger partial charge in [-0.25, -0.2) is 9.37 Å². The van der Waals surface area contributed by atoms with Gasteiger partial charge < -0.3 is 4.40 Å². The molecule has 0 bridgehead atoms. The van der Waals surface area contributed by atoms with Crippen LogP contribution in [0.3, 0.4) is 0 Å². The van der Waals surface area contributed by atoms with Crippen LogP contribution in [-0.2, 0) is 12.3 Å². The van der Waals surface area contributed by atoms with Crippen LogP contribution in [0.1, 0.15) is 11.3 Å². The first-order valence-electron chi connectivity index (χ1n) is 9.65. The Balaban J connectivity index is 1.47. The number of rotatable bonds is 6. The molecule has 0 aliphatic heterocycles. The van der Waals surface area contributed by atoms with Gasteiger partial charge in [0.05, 0.1) is 22.8 Å². The second kappa shape index (κ2) is 8.53. The van der Waals surface area contributed by atoms with Crippen molar-refractivity contribution < 1.29 is 4.39 Å². The molecule has 0 N–H and O–H groups in total. The van der Waals surface area contributed by atoms with E-state index in [1.54, 1.807) is 18.2 Å². The molecule has 5 nitrogen and oxygen atoms in total. The van der Waals surface area contributed by atoms with Gasteiger partial charge in [-0.05, 0) is 29.8 Å². The van der Waals surface area contributed by atoms with Crippen molar-refractivity contribution in [2.24, 2.45) is 0 Å². The minimum Gasteiger partial charge on any atom is -0.305 e. The van der Waals surface area contributed by atoms with Gasteiger partial charge >= 0.3 is 0 Å². The van der Waals surface area contributed by atoms with Gasteiger partial charge in [-0.3, -0.25) is 4.57 Å². The fourth-order valence-corrected chi connectivity index (χ4v) is 4.36. The van der Waals surface area contributed by atoms with Gasteiger partial charge in [0, 0.05) is 18.1 Å². The number of benzene rings is 2. The molecule has 0 aliphatic rings. The van der Waals surface area contributed by atoms with Crippen LogP contribution in [0.4, 0.5) is 4.39 Å². The molecule has 154 valence electrons. The Bertz CT molecular complexity index is 1350. The maximum Gasteiger partial charge on any atom is 0.192 e. The van der Waals surface area contributed by atoms with Crippen molar-refractivity contribution in [1.29, 1.82) is 0 Å². The summed E-state index contributed by atoms with van der Waals surface area (Å²) in [7, 11) is 0. The van der Waals surface area contributed by atoms with E-state index >= 15 is 0 Å². The van der Waals surface area contributed by atoms with E-state index in [9.17, 15) is 4.39 Å². The molecule has 3 heterocycles. The Morgan fingerprint density at radius 2 is 1.71 bits per heavy atom. The lowest BCUT2D eigenvalue weighted by atomic mass is 10.2. The van der Waals surface area contributed by atoms with Crippen molar-refractivity contribution in [3.05, 3.63) is 101 Å². The zero-order valence-corrected chi connectivity index (χ0v) is 17.9. The zero-order chi connectivity index (χ0) is 21.2. The number of hydrogen-bond acceptors (Lipinski definition) is 4. The fourth-order valence-electron chi connectivity index (χ4n) is 3.37. The Kier molecular flexibility index (Phi) is 5.44. The van der Waals surface area contributed by atoms with Crippen LogP contribution >= 0.6 is 23.4 Å². The van der Waals surface area contributed by atoms with Gasteiger partial charge in [0.25, 0.3) is 0 Å². The normalized spacial score (nSPS) is 11.3. The number of imidazole rings is 1. The molecule has 0 aliphatic carbocycles. The molecule has 5 aromatic rings. The lowest BCUT2D eigenvalue weighted by Gasteiger charge is -2.10. The third-order valence-corrected chi connectivity index (χ3v) is 6.05. The highest BCUT2D eigenvalue weighted by Gasteiger charge is 2.18. The quantitative estimate of drug-likeness (QED) is 0.311. The average molecular weight is 450 g/mol. The lowest BCUT2D eigenvalue weighted by Crippen LogP contribution is -2.05. The SMILES string of the molecule is Fc1ccccc1-c1nnc(SCc2cn3cc(Cl)ccc3n2)n1Cc1ccccc1. The van der Waals surface area contributed by atoms with Gasteiger partial charge in [-0.2, -0.15) is 0 Å². The largest absolute Gasteiger partial charge is 0.305 e. The highest BCUT2D eigenvalue weighted by Crippen LogP contribution is 2.28.